The van der Waals surface area contributed by atoms with Crippen molar-refractivity contribution in [3.63, 3.8) is 0 Å². The first-order valence-electron chi connectivity index (χ1n) is 9.79. The Balaban J connectivity index is 1.54. The van der Waals surface area contributed by atoms with Crippen LogP contribution in [-0.2, 0) is 0 Å². The van der Waals surface area contributed by atoms with Gasteiger partial charge in [-0.2, -0.15) is 10.2 Å². The van der Waals surface area contributed by atoms with Gasteiger partial charge in [-0.1, -0.05) is 18.2 Å². The van der Waals surface area contributed by atoms with E-state index in [1.165, 1.54) is 0 Å². The Hall–Kier alpha value is -4.45. The minimum absolute atomic E-state index is 0.264. The average Bonchev–Trinajstić information content (AvgIpc) is 3.38. The zero-order valence-corrected chi connectivity index (χ0v) is 16.2. The van der Waals surface area contributed by atoms with Crippen molar-refractivity contribution in [2.24, 2.45) is 0 Å². The van der Waals surface area contributed by atoms with Gasteiger partial charge in [-0.25, -0.2) is 14.8 Å². The van der Waals surface area contributed by atoms with Crippen LogP contribution in [0.5, 0.6) is 5.75 Å². The molecule has 150 valence electrons. The van der Waals surface area contributed by atoms with Crippen molar-refractivity contribution in [2.75, 3.05) is 6.61 Å². The van der Waals surface area contributed by atoms with E-state index in [9.17, 15) is 10.1 Å². The third-order valence-electron chi connectivity index (χ3n) is 5.58. The topological polar surface area (TPSA) is 114 Å². The van der Waals surface area contributed by atoms with Gasteiger partial charge in [-0.3, -0.25) is 9.13 Å². The van der Waals surface area contributed by atoms with E-state index in [4.69, 9.17) is 9.72 Å². The molecule has 4 heterocycles. The molecule has 0 unspecified atom stereocenters. The first-order chi connectivity index (χ1) is 15.2. The van der Waals surface area contributed by atoms with Crippen LogP contribution in [-0.4, -0.2) is 35.7 Å². The molecule has 1 N–H and O–H groups in total. The lowest BCUT2D eigenvalue weighted by Crippen LogP contribution is -2.28. The highest BCUT2D eigenvalue weighted by Crippen LogP contribution is 2.35. The summed E-state index contributed by atoms with van der Waals surface area (Å²) >= 11 is 0. The Morgan fingerprint density at radius 1 is 1.19 bits per heavy atom. The normalized spacial score (nSPS) is 15.5. The number of ether oxygens (including phenoxy) is 1. The van der Waals surface area contributed by atoms with Crippen LogP contribution < -0.4 is 10.4 Å². The summed E-state index contributed by atoms with van der Waals surface area (Å²) in [6.45, 7) is 0.440. The van der Waals surface area contributed by atoms with E-state index in [2.05, 4.69) is 21.0 Å². The van der Waals surface area contributed by atoms with Gasteiger partial charge in [-0.15, -0.1) is 0 Å². The molecular weight excluding hydrogens is 394 g/mol. The lowest BCUT2D eigenvalue weighted by molar-refractivity contribution is 0.256. The number of nitrogens with one attached hydrogen (secondary N) is 1. The van der Waals surface area contributed by atoms with Crippen molar-refractivity contribution in [3.8, 4) is 17.8 Å². The zero-order valence-electron chi connectivity index (χ0n) is 16.2. The van der Waals surface area contributed by atoms with E-state index in [-0.39, 0.29) is 11.7 Å². The van der Waals surface area contributed by atoms with Crippen molar-refractivity contribution in [3.05, 3.63) is 76.6 Å². The monoisotopic (exact) mass is 409 g/mol. The van der Waals surface area contributed by atoms with Crippen molar-refractivity contribution in [1.29, 1.82) is 5.26 Å². The van der Waals surface area contributed by atoms with E-state index >= 15 is 0 Å². The number of aromatic nitrogens is 6. The Kier molecular flexibility index (Phi) is 3.67. The molecule has 5 aromatic rings. The summed E-state index contributed by atoms with van der Waals surface area (Å²) in [5.74, 6) is 1.05. The predicted octanol–water partition coefficient (Wildman–Crippen LogP) is 2.70. The van der Waals surface area contributed by atoms with Crippen molar-refractivity contribution in [2.45, 2.75) is 12.5 Å². The number of imidazole rings is 2. The van der Waals surface area contributed by atoms with Crippen LogP contribution in [0, 0.1) is 11.3 Å². The molecule has 1 aliphatic heterocycles. The number of rotatable bonds is 2. The first-order valence-corrected chi connectivity index (χ1v) is 9.79. The van der Waals surface area contributed by atoms with E-state index in [1.807, 2.05) is 30.3 Å². The highest BCUT2D eigenvalue weighted by Gasteiger charge is 2.27. The maximum Gasteiger partial charge on any atom is 0.328 e. The highest BCUT2D eigenvalue weighted by atomic mass is 16.5. The van der Waals surface area contributed by atoms with Crippen LogP contribution >= 0.6 is 0 Å². The van der Waals surface area contributed by atoms with Crippen molar-refractivity contribution < 1.29 is 4.74 Å². The zero-order chi connectivity index (χ0) is 20.9. The Morgan fingerprint density at radius 2 is 2.10 bits per heavy atom. The molecule has 0 spiro atoms. The fourth-order valence-electron chi connectivity index (χ4n) is 4.14. The number of nitrogens with zero attached hydrogens (tertiary/aromatic N) is 6. The molecule has 9 heteroatoms. The van der Waals surface area contributed by atoms with Gasteiger partial charge in [0.1, 0.15) is 17.6 Å². The van der Waals surface area contributed by atoms with Crippen LogP contribution in [0.1, 0.15) is 23.6 Å². The SMILES string of the molecule is N#Cc1ccc2c(c1)OCC[C@H]2n1c(=O)[nH]c2cnc(-n3cnc4ccccc43)nc21. The maximum atomic E-state index is 12.9. The van der Waals surface area contributed by atoms with Gasteiger partial charge in [0.25, 0.3) is 0 Å². The second-order valence-electron chi connectivity index (χ2n) is 7.33. The lowest BCUT2D eigenvalue weighted by Gasteiger charge is -2.26. The Morgan fingerprint density at radius 3 is 3.00 bits per heavy atom. The number of fused-ring (bicyclic) bond motifs is 3. The first kappa shape index (κ1) is 17.4. The van der Waals surface area contributed by atoms with Gasteiger partial charge in [0.15, 0.2) is 5.65 Å². The second kappa shape index (κ2) is 6.53. The summed E-state index contributed by atoms with van der Waals surface area (Å²) in [4.78, 5) is 29.3. The summed E-state index contributed by atoms with van der Waals surface area (Å²) in [6.07, 6.45) is 3.90. The largest absolute Gasteiger partial charge is 0.493 e. The van der Waals surface area contributed by atoms with Gasteiger partial charge < -0.3 is 9.72 Å². The summed E-state index contributed by atoms with van der Waals surface area (Å²) in [7, 11) is 0. The molecule has 0 fully saturated rings. The maximum absolute atomic E-state index is 12.9. The molecule has 0 radical (unpaired) electrons. The van der Waals surface area contributed by atoms with Gasteiger partial charge in [0.2, 0.25) is 5.95 Å². The van der Waals surface area contributed by atoms with Crippen LogP contribution in [0.4, 0.5) is 0 Å². The standard InChI is InChI=1S/C22H15N7O2/c23-10-13-5-6-14-17(7-8-31-19(14)9-13)29-20-16(26-22(29)30)11-24-21(27-20)28-12-25-15-3-1-2-4-18(15)28/h1-6,9,11-12,17H,7-8H2,(H,26,30)/t17-/m1/s1. The summed E-state index contributed by atoms with van der Waals surface area (Å²) in [5.41, 5.74) is 3.88. The summed E-state index contributed by atoms with van der Waals surface area (Å²) in [6, 6.07) is 14.9. The molecular formula is C22H15N7O2. The van der Waals surface area contributed by atoms with Crippen LogP contribution in [0.3, 0.4) is 0 Å². The molecule has 6 rings (SSSR count). The minimum Gasteiger partial charge on any atom is -0.493 e. The molecule has 0 saturated carbocycles. The van der Waals surface area contributed by atoms with E-state index < -0.39 is 0 Å². The Labute approximate surface area is 175 Å². The summed E-state index contributed by atoms with van der Waals surface area (Å²) in [5, 5.41) is 9.18. The third-order valence-corrected chi connectivity index (χ3v) is 5.58. The molecule has 0 saturated heterocycles. The number of para-hydroxylation sites is 2. The smallest absolute Gasteiger partial charge is 0.328 e. The minimum atomic E-state index is -0.265. The molecule has 9 nitrogen and oxygen atoms in total. The molecule has 0 amide bonds. The molecule has 0 bridgehead atoms. The van der Waals surface area contributed by atoms with Gasteiger partial charge in [-0.05, 0) is 24.3 Å². The third kappa shape index (κ3) is 2.62. The summed E-state index contributed by atoms with van der Waals surface area (Å²) < 4.78 is 9.20. The Bertz CT molecular complexity index is 1570. The molecule has 2 aromatic carbocycles. The van der Waals surface area contributed by atoms with Crippen molar-refractivity contribution in [1.82, 2.24) is 29.1 Å². The molecule has 3 aromatic heterocycles. The van der Waals surface area contributed by atoms with Crippen LogP contribution in [0.15, 0.2) is 59.8 Å². The predicted molar refractivity (Wildman–Crippen MR) is 112 cm³/mol. The van der Waals surface area contributed by atoms with Crippen LogP contribution in [0.2, 0.25) is 0 Å². The van der Waals surface area contributed by atoms with Gasteiger partial charge in [0, 0.05) is 12.0 Å². The van der Waals surface area contributed by atoms with Crippen LogP contribution in [0.25, 0.3) is 28.1 Å². The second-order valence-corrected chi connectivity index (χ2v) is 7.33. The van der Waals surface area contributed by atoms with Crippen molar-refractivity contribution >= 4 is 22.2 Å². The number of aromatic amines is 1. The van der Waals surface area contributed by atoms with E-state index in [0.717, 1.165) is 16.6 Å². The fourth-order valence-corrected chi connectivity index (χ4v) is 4.14. The number of nitriles is 1. The number of hydrogen-bond acceptors (Lipinski definition) is 6. The highest BCUT2D eigenvalue weighted by molar-refractivity contribution is 5.77. The lowest BCUT2D eigenvalue weighted by atomic mass is 9.99. The quantitative estimate of drug-likeness (QED) is 0.479. The van der Waals surface area contributed by atoms with Gasteiger partial charge in [0.05, 0.1) is 41.5 Å². The van der Waals surface area contributed by atoms with Gasteiger partial charge >= 0.3 is 5.69 Å². The fraction of sp³-hybridized carbons (Fsp3) is 0.136. The van der Waals surface area contributed by atoms with E-state index in [0.29, 0.717) is 41.5 Å². The number of H-pyrrole nitrogens is 1. The molecule has 1 atom stereocenters. The number of benzene rings is 2. The number of hydrogen-bond donors (Lipinski definition) is 1. The molecule has 0 aliphatic carbocycles. The molecule has 31 heavy (non-hydrogen) atoms. The average molecular weight is 409 g/mol. The molecule has 1 aliphatic rings. The van der Waals surface area contributed by atoms with E-state index in [1.54, 1.807) is 33.8 Å².